The second kappa shape index (κ2) is 11.0. The summed E-state index contributed by atoms with van der Waals surface area (Å²) in [6.07, 6.45) is 4.15. The number of hydrogen-bond acceptors (Lipinski definition) is 3. The van der Waals surface area contributed by atoms with Crippen LogP contribution in [0.25, 0.3) is 6.08 Å². The highest BCUT2D eigenvalue weighted by Crippen LogP contribution is 2.15. The normalized spacial score (nSPS) is 10.8. The average Bonchev–Trinajstić information content (AvgIpc) is 2.66. The molecule has 4 heteroatoms. The minimum atomic E-state index is -0.0964. The van der Waals surface area contributed by atoms with Crippen LogP contribution in [-0.4, -0.2) is 25.7 Å². The molecule has 0 saturated carbocycles. The summed E-state index contributed by atoms with van der Waals surface area (Å²) in [5.41, 5.74) is 2.09. The van der Waals surface area contributed by atoms with Crippen LogP contribution in [0.15, 0.2) is 60.7 Å². The number of rotatable bonds is 10. The van der Waals surface area contributed by atoms with Gasteiger partial charge in [-0.25, -0.2) is 0 Å². The lowest BCUT2D eigenvalue weighted by Crippen LogP contribution is -2.23. The second-order valence-electron chi connectivity index (χ2n) is 5.52. The fourth-order valence-corrected chi connectivity index (χ4v) is 2.18. The first-order valence-electron chi connectivity index (χ1n) is 8.58. The third kappa shape index (κ3) is 7.68. The van der Waals surface area contributed by atoms with Crippen molar-refractivity contribution >= 4 is 12.0 Å². The Hall–Kier alpha value is -2.59. The molecule has 0 radical (unpaired) electrons. The van der Waals surface area contributed by atoms with E-state index in [4.69, 9.17) is 9.47 Å². The predicted molar refractivity (Wildman–Crippen MR) is 100 cm³/mol. The molecular formula is C21H25NO3. The first kappa shape index (κ1) is 18.7. The Kier molecular flexibility index (Phi) is 8.29. The topological polar surface area (TPSA) is 47.6 Å². The van der Waals surface area contributed by atoms with Gasteiger partial charge in [-0.15, -0.1) is 0 Å². The molecule has 132 valence electrons. The minimum absolute atomic E-state index is 0.0964. The van der Waals surface area contributed by atoms with E-state index in [2.05, 4.69) is 5.32 Å². The highest BCUT2D eigenvalue weighted by atomic mass is 16.5. The molecule has 0 fully saturated rings. The van der Waals surface area contributed by atoms with Crippen molar-refractivity contribution in [3.05, 3.63) is 71.8 Å². The molecule has 0 atom stereocenters. The molecule has 0 saturated heterocycles. The van der Waals surface area contributed by atoms with Crippen LogP contribution in [0.3, 0.4) is 0 Å². The lowest BCUT2D eigenvalue weighted by molar-refractivity contribution is -0.116. The van der Waals surface area contributed by atoms with Gasteiger partial charge in [-0.05, 0) is 42.7 Å². The molecular weight excluding hydrogens is 314 g/mol. The number of nitrogens with one attached hydrogen (secondary N) is 1. The molecule has 0 aliphatic carbocycles. The maximum Gasteiger partial charge on any atom is 0.244 e. The zero-order valence-corrected chi connectivity index (χ0v) is 14.6. The molecule has 25 heavy (non-hydrogen) atoms. The van der Waals surface area contributed by atoms with Crippen molar-refractivity contribution in [3.63, 3.8) is 0 Å². The fourth-order valence-electron chi connectivity index (χ4n) is 2.18. The third-order valence-electron chi connectivity index (χ3n) is 3.52. The van der Waals surface area contributed by atoms with Gasteiger partial charge in [-0.2, -0.15) is 0 Å². The lowest BCUT2D eigenvalue weighted by Gasteiger charge is -2.06. The maximum absolute atomic E-state index is 11.7. The van der Waals surface area contributed by atoms with E-state index in [9.17, 15) is 4.79 Å². The minimum Gasteiger partial charge on any atom is -0.489 e. The molecule has 2 aromatic carbocycles. The SMILES string of the molecule is CCOCCCNC(=O)/C=C/c1ccc(OCc2ccccc2)cc1. The van der Waals surface area contributed by atoms with E-state index < -0.39 is 0 Å². The molecule has 4 nitrogen and oxygen atoms in total. The Morgan fingerprint density at radius 2 is 1.84 bits per heavy atom. The summed E-state index contributed by atoms with van der Waals surface area (Å²) in [5.74, 6) is 0.710. The van der Waals surface area contributed by atoms with Crippen LogP contribution >= 0.6 is 0 Å². The van der Waals surface area contributed by atoms with Crippen molar-refractivity contribution < 1.29 is 14.3 Å². The van der Waals surface area contributed by atoms with Crippen LogP contribution in [-0.2, 0) is 16.1 Å². The Labute approximate surface area is 149 Å². The van der Waals surface area contributed by atoms with Gasteiger partial charge in [0.05, 0.1) is 0 Å². The number of benzene rings is 2. The third-order valence-corrected chi connectivity index (χ3v) is 3.52. The van der Waals surface area contributed by atoms with Crippen LogP contribution < -0.4 is 10.1 Å². The van der Waals surface area contributed by atoms with Gasteiger partial charge in [-0.1, -0.05) is 42.5 Å². The van der Waals surface area contributed by atoms with Crippen LogP contribution in [0.5, 0.6) is 5.75 Å². The Bertz CT molecular complexity index is 651. The summed E-state index contributed by atoms with van der Waals surface area (Å²) in [7, 11) is 0. The summed E-state index contributed by atoms with van der Waals surface area (Å²) in [5, 5.41) is 2.83. The molecule has 0 aliphatic rings. The van der Waals surface area contributed by atoms with Crippen molar-refractivity contribution in [1.29, 1.82) is 0 Å². The number of carbonyl (C=O) groups excluding carboxylic acids is 1. The van der Waals surface area contributed by atoms with Crippen LogP contribution in [0.2, 0.25) is 0 Å². The van der Waals surface area contributed by atoms with Gasteiger partial charge in [-0.3, -0.25) is 4.79 Å². The van der Waals surface area contributed by atoms with Crippen molar-refractivity contribution in [2.75, 3.05) is 19.8 Å². The highest BCUT2D eigenvalue weighted by molar-refractivity contribution is 5.91. The Morgan fingerprint density at radius 3 is 2.56 bits per heavy atom. The molecule has 0 spiro atoms. The first-order chi connectivity index (χ1) is 12.3. The van der Waals surface area contributed by atoms with Gasteiger partial charge in [0.2, 0.25) is 5.91 Å². The van der Waals surface area contributed by atoms with Gasteiger partial charge in [0.25, 0.3) is 0 Å². The van der Waals surface area contributed by atoms with E-state index >= 15 is 0 Å². The number of ether oxygens (including phenoxy) is 2. The Balaban J connectivity index is 1.72. The maximum atomic E-state index is 11.7. The number of carbonyl (C=O) groups is 1. The highest BCUT2D eigenvalue weighted by Gasteiger charge is 1.97. The van der Waals surface area contributed by atoms with Crippen LogP contribution in [0, 0.1) is 0 Å². The van der Waals surface area contributed by atoms with E-state index in [1.165, 1.54) is 0 Å². The van der Waals surface area contributed by atoms with Gasteiger partial charge in [0.1, 0.15) is 12.4 Å². The molecule has 0 unspecified atom stereocenters. The largest absolute Gasteiger partial charge is 0.489 e. The summed E-state index contributed by atoms with van der Waals surface area (Å²) in [6.45, 7) is 4.50. The number of hydrogen-bond donors (Lipinski definition) is 1. The molecule has 0 aliphatic heterocycles. The van der Waals surface area contributed by atoms with Crippen molar-refractivity contribution in [3.8, 4) is 5.75 Å². The van der Waals surface area contributed by atoms with Gasteiger partial charge in [0.15, 0.2) is 0 Å². The summed E-state index contributed by atoms with van der Waals surface area (Å²) in [6, 6.07) is 17.7. The van der Waals surface area contributed by atoms with E-state index in [0.717, 1.165) is 23.3 Å². The monoisotopic (exact) mass is 339 g/mol. The molecule has 0 bridgehead atoms. The molecule has 0 heterocycles. The predicted octanol–water partition coefficient (Wildman–Crippen LogP) is 3.82. The molecule has 0 aromatic heterocycles. The molecule has 1 amide bonds. The van der Waals surface area contributed by atoms with Crippen LogP contribution in [0.1, 0.15) is 24.5 Å². The summed E-state index contributed by atoms with van der Waals surface area (Å²) >= 11 is 0. The van der Waals surface area contributed by atoms with E-state index in [-0.39, 0.29) is 5.91 Å². The zero-order valence-electron chi connectivity index (χ0n) is 14.6. The molecule has 2 rings (SSSR count). The fraction of sp³-hybridized carbons (Fsp3) is 0.286. The number of amides is 1. The summed E-state index contributed by atoms with van der Waals surface area (Å²) < 4.78 is 11.0. The standard InChI is InChI=1S/C21H25NO3/c1-2-24-16-6-15-22-21(23)14-11-18-9-12-20(13-10-18)25-17-19-7-4-3-5-8-19/h3-5,7-14H,2,6,15-17H2,1H3,(H,22,23)/b14-11+. The zero-order chi connectivity index (χ0) is 17.7. The second-order valence-corrected chi connectivity index (χ2v) is 5.52. The first-order valence-corrected chi connectivity index (χ1v) is 8.58. The Morgan fingerprint density at radius 1 is 1.08 bits per heavy atom. The van der Waals surface area contributed by atoms with E-state index in [0.29, 0.717) is 26.4 Å². The van der Waals surface area contributed by atoms with Gasteiger partial charge >= 0.3 is 0 Å². The van der Waals surface area contributed by atoms with Crippen molar-refractivity contribution in [2.24, 2.45) is 0 Å². The summed E-state index contributed by atoms with van der Waals surface area (Å²) in [4.78, 5) is 11.7. The quantitative estimate of drug-likeness (QED) is 0.529. The van der Waals surface area contributed by atoms with Crippen molar-refractivity contribution in [2.45, 2.75) is 20.0 Å². The van der Waals surface area contributed by atoms with Crippen LogP contribution in [0.4, 0.5) is 0 Å². The van der Waals surface area contributed by atoms with E-state index in [1.54, 1.807) is 12.2 Å². The lowest BCUT2D eigenvalue weighted by atomic mass is 10.2. The van der Waals surface area contributed by atoms with Gasteiger partial charge in [0, 0.05) is 25.8 Å². The average molecular weight is 339 g/mol. The molecule has 1 N–H and O–H groups in total. The molecule has 2 aromatic rings. The van der Waals surface area contributed by atoms with Gasteiger partial charge < -0.3 is 14.8 Å². The van der Waals surface area contributed by atoms with E-state index in [1.807, 2.05) is 61.5 Å². The van der Waals surface area contributed by atoms with Crippen molar-refractivity contribution in [1.82, 2.24) is 5.32 Å². The smallest absolute Gasteiger partial charge is 0.244 e.